The molecule has 198 valence electrons. The maximum Gasteiger partial charge on any atom is 0.416 e. The monoisotopic (exact) mass is 533 g/mol. The van der Waals surface area contributed by atoms with Crippen LogP contribution < -0.4 is 10.6 Å². The molecule has 1 atom stereocenters. The third-order valence-electron chi connectivity index (χ3n) is 5.98. The van der Waals surface area contributed by atoms with Gasteiger partial charge in [0.15, 0.2) is 0 Å². The average molecular weight is 534 g/mol. The number of aliphatic imine (C=N–C) groups is 1. The molecule has 39 heavy (non-hydrogen) atoms. The molecule has 10 heteroatoms. The van der Waals surface area contributed by atoms with Gasteiger partial charge in [-0.25, -0.2) is 9.37 Å². The van der Waals surface area contributed by atoms with Crippen molar-refractivity contribution in [3.63, 3.8) is 0 Å². The van der Waals surface area contributed by atoms with E-state index in [1.54, 1.807) is 19.3 Å². The average Bonchev–Trinajstić information content (AvgIpc) is 3.32. The van der Waals surface area contributed by atoms with E-state index in [-0.39, 0.29) is 22.9 Å². The molecule has 0 bridgehead atoms. The van der Waals surface area contributed by atoms with Gasteiger partial charge in [0.1, 0.15) is 11.6 Å². The van der Waals surface area contributed by atoms with E-state index in [2.05, 4.69) is 32.5 Å². The molecule has 1 unspecified atom stereocenters. The summed E-state index contributed by atoms with van der Waals surface area (Å²) in [5, 5.41) is 12.7. The van der Waals surface area contributed by atoms with E-state index in [1.807, 2.05) is 18.3 Å². The number of hydrogen-bond acceptors (Lipinski definition) is 5. The van der Waals surface area contributed by atoms with Crippen LogP contribution >= 0.6 is 0 Å². The molecule has 2 heterocycles. The summed E-state index contributed by atoms with van der Waals surface area (Å²) in [6, 6.07) is 10.6. The van der Waals surface area contributed by atoms with E-state index < -0.39 is 23.5 Å². The summed E-state index contributed by atoms with van der Waals surface area (Å²) in [7, 11) is 1.79. The largest absolute Gasteiger partial charge is 0.416 e. The van der Waals surface area contributed by atoms with Crippen LogP contribution in [0.4, 0.5) is 29.1 Å². The van der Waals surface area contributed by atoms with Gasteiger partial charge in [-0.2, -0.15) is 13.2 Å². The second kappa shape index (κ2) is 11.7. The Hall–Kier alpha value is -4.78. The molecule has 0 aliphatic carbocycles. The summed E-state index contributed by atoms with van der Waals surface area (Å²) in [6.45, 7) is 0. The van der Waals surface area contributed by atoms with Crippen LogP contribution in [-0.2, 0) is 6.18 Å². The van der Waals surface area contributed by atoms with Gasteiger partial charge >= 0.3 is 6.18 Å². The van der Waals surface area contributed by atoms with Gasteiger partial charge in [-0.05, 0) is 66.4 Å². The van der Waals surface area contributed by atoms with Crippen molar-refractivity contribution in [2.75, 3.05) is 12.4 Å². The first-order chi connectivity index (χ1) is 18.7. The molecule has 0 spiro atoms. The van der Waals surface area contributed by atoms with Gasteiger partial charge in [-0.1, -0.05) is 17.9 Å². The van der Waals surface area contributed by atoms with Crippen LogP contribution in [0.2, 0.25) is 0 Å². The minimum absolute atomic E-state index is 0.0120. The van der Waals surface area contributed by atoms with E-state index in [0.29, 0.717) is 5.56 Å². The van der Waals surface area contributed by atoms with Crippen molar-refractivity contribution in [3.05, 3.63) is 100 Å². The summed E-state index contributed by atoms with van der Waals surface area (Å²) in [6.07, 6.45) is 2.84. The molecule has 0 radical (unpaired) electrons. The first-order valence-electron chi connectivity index (χ1n) is 11.9. The van der Waals surface area contributed by atoms with Crippen LogP contribution in [0, 0.1) is 23.1 Å². The smallest absolute Gasteiger partial charge is 0.394 e. The number of pyridine rings is 1. The van der Waals surface area contributed by atoms with Gasteiger partial charge in [0.2, 0.25) is 0 Å². The number of hydrogen-bond donors (Lipinski definition) is 3. The second-order valence-corrected chi connectivity index (χ2v) is 8.68. The molecule has 0 fully saturated rings. The van der Waals surface area contributed by atoms with Gasteiger partial charge < -0.3 is 16.0 Å². The molecular formula is C29H23F4N5O. The molecule has 1 aliphatic rings. The third kappa shape index (κ3) is 6.76. The highest BCUT2D eigenvalue weighted by Crippen LogP contribution is 2.36. The lowest BCUT2D eigenvalue weighted by Crippen LogP contribution is -2.14. The number of nitrogens with one attached hydrogen (secondary N) is 3. The molecule has 3 aromatic rings. The van der Waals surface area contributed by atoms with E-state index in [9.17, 15) is 22.4 Å². The maximum absolute atomic E-state index is 14.4. The van der Waals surface area contributed by atoms with Crippen LogP contribution in [0.3, 0.4) is 0 Å². The molecule has 0 saturated heterocycles. The van der Waals surface area contributed by atoms with Crippen molar-refractivity contribution in [1.29, 1.82) is 5.41 Å². The van der Waals surface area contributed by atoms with Crippen molar-refractivity contribution in [1.82, 2.24) is 10.3 Å². The Morgan fingerprint density at radius 1 is 1.13 bits per heavy atom. The Kier molecular flexibility index (Phi) is 8.20. The molecule has 0 saturated carbocycles. The molecule has 1 aromatic heterocycles. The first kappa shape index (κ1) is 27.3. The fourth-order valence-corrected chi connectivity index (χ4v) is 3.99. The van der Waals surface area contributed by atoms with Crippen LogP contribution in [0.1, 0.15) is 51.4 Å². The normalized spacial score (nSPS) is 14.3. The summed E-state index contributed by atoms with van der Waals surface area (Å²) in [5.74, 6) is 4.04. The number of rotatable bonds is 7. The van der Waals surface area contributed by atoms with E-state index >= 15 is 0 Å². The number of benzene rings is 2. The Balaban J connectivity index is 1.48. The van der Waals surface area contributed by atoms with E-state index in [4.69, 9.17) is 5.41 Å². The molecule has 3 N–H and O–H groups in total. The number of halogens is 4. The standard InChI is InChI=1S/C29H23F4N5O/c1-35-16-19(15-34)3-6-22-17-37-26-12-18(4-8-24(22)26)2-5-20-13-21(7-9-25(20)30)28(39)38-27-14-23(10-11-36-27)29(31,32)33/h4,7-17,22,34-35H,3,6H2,1H3,(H,36,38,39)/b19-16-,34-15?. The summed E-state index contributed by atoms with van der Waals surface area (Å²) in [4.78, 5) is 20.8. The SMILES string of the molecule is CN/C=C(\C=N)CCC1C=Nc2cc(C#Cc3cc(C(=O)Nc4cc(C(F)(F)F)ccn4)ccc3F)ccc21. The number of allylic oxidation sites excluding steroid dienone is 1. The topological polar surface area (TPSA) is 90.2 Å². The third-order valence-corrected chi connectivity index (χ3v) is 5.98. The lowest BCUT2D eigenvalue weighted by molar-refractivity contribution is -0.137. The number of carbonyl (C=O) groups excluding carboxylic acids is 1. The maximum atomic E-state index is 14.4. The quantitative estimate of drug-likeness (QED) is 0.191. The lowest BCUT2D eigenvalue weighted by Gasteiger charge is -2.10. The number of nitrogens with zero attached hydrogens (tertiary/aromatic N) is 2. The predicted octanol–water partition coefficient (Wildman–Crippen LogP) is 6.22. The Bertz CT molecular complexity index is 1530. The van der Waals surface area contributed by atoms with E-state index in [0.717, 1.165) is 54.1 Å². The molecular weight excluding hydrogens is 510 g/mol. The second-order valence-electron chi connectivity index (χ2n) is 8.68. The molecule has 1 aliphatic heterocycles. The molecule has 2 aromatic carbocycles. The van der Waals surface area contributed by atoms with Crippen molar-refractivity contribution < 1.29 is 22.4 Å². The minimum atomic E-state index is -4.58. The van der Waals surface area contributed by atoms with E-state index in [1.165, 1.54) is 18.3 Å². The van der Waals surface area contributed by atoms with Crippen LogP contribution in [-0.4, -0.2) is 30.4 Å². The number of anilines is 1. The molecule has 1 amide bonds. The number of alkyl halides is 3. The Labute approximate surface area is 222 Å². The zero-order chi connectivity index (χ0) is 28.0. The van der Waals surface area contributed by atoms with Crippen LogP contribution in [0.25, 0.3) is 0 Å². The summed E-state index contributed by atoms with van der Waals surface area (Å²) in [5.41, 5.74) is 2.31. The number of amides is 1. The fourth-order valence-electron chi connectivity index (χ4n) is 3.99. The Morgan fingerprint density at radius 2 is 1.95 bits per heavy atom. The van der Waals surface area contributed by atoms with Gasteiger partial charge in [0.05, 0.1) is 16.8 Å². The zero-order valence-corrected chi connectivity index (χ0v) is 20.7. The number of aromatic nitrogens is 1. The van der Waals surface area contributed by atoms with Crippen molar-refractivity contribution in [3.8, 4) is 11.8 Å². The summed E-state index contributed by atoms with van der Waals surface area (Å²) < 4.78 is 53.2. The zero-order valence-electron chi connectivity index (χ0n) is 20.7. The highest BCUT2D eigenvalue weighted by molar-refractivity contribution is 6.04. The molecule has 4 rings (SSSR count). The van der Waals surface area contributed by atoms with Gasteiger partial charge in [-0.3, -0.25) is 9.79 Å². The predicted molar refractivity (Wildman–Crippen MR) is 142 cm³/mol. The summed E-state index contributed by atoms with van der Waals surface area (Å²) >= 11 is 0. The van der Waals surface area contributed by atoms with Crippen LogP contribution in [0.15, 0.2) is 71.5 Å². The lowest BCUT2D eigenvalue weighted by atomic mass is 9.93. The highest BCUT2D eigenvalue weighted by atomic mass is 19.4. The van der Waals surface area contributed by atoms with Crippen molar-refractivity contribution in [2.45, 2.75) is 24.9 Å². The first-order valence-corrected chi connectivity index (χ1v) is 11.9. The van der Waals surface area contributed by atoms with Gasteiger partial charge in [0, 0.05) is 48.9 Å². The van der Waals surface area contributed by atoms with Gasteiger partial charge in [0.25, 0.3) is 5.91 Å². The highest BCUT2D eigenvalue weighted by Gasteiger charge is 2.31. The number of carbonyl (C=O) groups is 1. The van der Waals surface area contributed by atoms with Crippen molar-refractivity contribution >= 4 is 29.8 Å². The van der Waals surface area contributed by atoms with Gasteiger partial charge in [-0.15, -0.1) is 0 Å². The molecule has 6 nitrogen and oxygen atoms in total. The fraction of sp³-hybridized carbons (Fsp3) is 0.172. The number of fused-ring (bicyclic) bond motifs is 1. The van der Waals surface area contributed by atoms with Crippen molar-refractivity contribution in [2.24, 2.45) is 4.99 Å². The minimum Gasteiger partial charge on any atom is -0.394 e. The van der Waals surface area contributed by atoms with Crippen LogP contribution in [0.5, 0.6) is 0 Å². The Morgan fingerprint density at radius 3 is 2.69 bits per heavy atom.